The predicted molar refractivity (Wildman–Crippen MR) is 77.4 cm³/mol. The molecule has 1 fully saturated rings. The molecule has 0 spiro atoms. The zero-order valence-electron chi connectivity index (χ0n) is 11.8. The number of nitrogens with zero attached hydrogens (tertiary/aromatic N) is 2. The van der Waals surface area contributed by atoms with Crippen molar-refractivity contribution in [3.63, 3.8) is 0 Å². The van der Waals surface area contributed by atoms with Crippen LogP contribution in [0, 0.1) is 33.3 Å². The van der Waals surface area contributed by atoms with Gasteiger partial charge in [0.1, 0.15) is 17.3 Å². The highest BCUT2D eigenvalue weighted by Gasteiger charge is 2.28. The van der Waals surface area contributed by atoms with Crippen LogP contribution >= 0.6 is 0 Å². The van der Waals surface area contributed by atoms with Crippen molar-refractivity contribution in [3.8, 4) is 6.07 Å². The number of hydrogen-bond acceptors (Lipinski definition) is 4. The first kappa shape index (κ1) is 14.3. The molecule has 1 aromatic rings. The van der Waals surface area contributed by atoms with Gasteiger partial charge in [0, 0.05) is 6.04 Å². The number of hydrogen-bond donors (Lipinski definition) is 1. The van der Waals surface area contributed by atoms with E-state index in [0.717, 1.165) is 19.3 Å². The number of benzene rings is 1. The van der Waals surface area contributed by atoms with Crippen LogP contribution in [0.4, 0.5) is 11.4 Å². The molecular weight excluding hydrogens is 254 g/mol. The Morgan fingerprint density at radius 3 is 2.75 bits per heavy atom. The molecule has 2 rings (SSSR count). The Morgan fingerprint density at radius 1 is 1.40 bits per heavy atom. The molecule has 0 heterocycles. The molecule has 20 heavy (non-hydrogen) atoms. The number of rotatable bonds is 3. The Morgan fingerprint density at radius 2 is 2.15 bits per heavy atom. The average Bonchev–Trinajstić information content (AvgIpc) is 2.41. The molecule has 3 unspecified atom stereocenters. The van der Waals surface area contributed by atoms with Crippen LogP contribution in [-0.2, 0) is 0 Å². The summed E-state index contributed by atoms with van der Waals surface area (Å²) in [7, 11) is 0. The number of anilines is 1. The van der Waals surface area contributed by atoms with Crippen LogP contribution in [0.5, 0.6) is 0 Å². The molecule has 0 saturated heterocycles. The quantitative estimate of drug-likeness (QED) is 0.672. The largest absolute Gasteiger partial charge is 0.376 e. The van der Waals surface area contributed by atoms with Crippen LogP contribution in [0.2, 0.25) is 0 Å². The molecule has 0 aromatic heterocycles. The molecule has 1 aliphatic carbocycles. The van der Waals surface area contributed by atoms with E-state index in [-0.39, 0.29) is 17.3 Å². The molecule has 1 saturated carbocycles. The molecule has 106 valence electrons. The van der Waals surface area contributed by atoms with Gasteiger partial charge in [-0.2, -0.15) is 5.26 Å². The fourth-order valence-electron chi connectivity index (χ4n) is 3.03. The summed E-state index contributed by atoms with van der Waals surface area (Å²) >= 11 is 0. The third-order valence-corrected chi connectivity index (χ3v) is 4.11. The molecule has 0 amide bonds. The summed E-state index contributed by atoms with van der Waals surface area (Å²) in [4.78, 5) is 10.7. The lowest BCUT2D eigenvalue weighted by Crippen LogP contribution is -2.33. The van der Waals surface area contributed by atoms with Gasteiger partial charge in [0.2, 0.25) is 0 Å². The number of nitrogens with one attached hydrogen (secondary N) is 1. The molecule has 0 radical (unpaired) electrons. The summed E-state index contributed by atoms with van der Waals surface area (Å²) in [6.07, 6.45) is 3.27. The van der Waals surface area contributed by atoms with Gasteiger partial charge in [-0.1, -0.05) is 19.9 Å². The fourth-order valence-corrected chi connectivity index (χ4v) is 3.03. The first-order valence-corrected chi connectivity index (χ1v) is 6.97. The normalized spacial score (nSPS) is 25.8. The van der Waals surface area contributed by atoms with Crippen LogP contribution in [0.15, 0.2) is 18.2 Å². The highest BCUT2D eigenvalue weighted by molar-refractivity contribution is 5.68. The van der Waals surface area contributed by atoms with Crippen LogP contribution in [0.25, 0.3) is 0 Å². The third-order valence-electron chi connectivity index (χ3n) is 4.11. The van der Waals surface area contributed by atoms with Crippen LogP contribution in [0.3, 0.4) is 0 Å². The minimum absolute atomic E-state index is 0.108. The van der Waals surface area contributed by atoms with Crippen molar-refractivity contribution < 1.29 is 4.92 Å². The monoisotopic (exact) mass is 273 g/mol. The molecule has 5 nitrogen and oxygen atoms in total. The Kier molecular flexibility index (Phi) is 4.23. The molecule has 1 aliphatic rings. The van der Waals surface area contributed by atoms with Crippen molar-refractivity contribution in [3.05, 3.63) is 33.9 Å². The van der Waals surface area contributed by atoms with Gasteiger partial charge in [-0.05, 0) is 43.2 Å². The molecule has 0 bridgehead atoms. The number of nitro groups is 1. The molecule has 1 N–H and O–H groups in total. The summed E-state index contributed by atoms with van der Waals surface area (Å²) in [5.41, 5.74) is 0.457. The second kappa shape index (κ2) is 5.91. The Labute approximate surface area is 118 Å². The van der Waals surface area contributed by atoms with Crippen molar-refractivity contribution in [2.75, 3.05) is 5.32 Å². The highest BCUT2D eigenvalue weighted by atomic mass is 16.6. The summed E-state index contributed by atoms with van der Waals surface area (Å²) in [5, 5.41) is 23.5. The Hall–Kier alpha value is -2.09. The maximum Gasteiger partial charge on any atom is 0.309 e. The standard InChI is InChI=1S/C15H19N3O2/c1-10-6-7-13(11(2)8-10)17-14-5-3-4-12(9-16)15(14)18(19)20/h3-5,10-11,13,17H,6-8H2,1-2H3. The van der Waals surface area contributed by atoms with Gasteiger partial charge >= 0.3 is 5.69 Å². The average molecular weight is 273 g/mol. The molecule has 1 aromatic carbocycles. The van der Waals surface area contributed by atoms with E-state index in [4.69, 9.17) is 5.26 Å². The summed E-state index contributed by atoms with van der Waals surface area (Å²) < 4.78 is 0. The van der Waals surface area contributed by atoms with Crippen molar-refractivity contribution in [2.45, 2.75) is 39.2 Å². The van der Waals surface area contributed by atoms with Gasteiger partial charge in [0.15, 0.2) is 0 Å². The first-order valence-electron chi connectivity index (χ1n) is 6.97. The van der Waals surface area contributed by atoms with Crippen molar-refractivity contribution in [1.29, 1.82) is 5.26 Å². The Balaban J connectivity index is 2.26. The van der Waals surface area contributed by atoms with Crippen molar-refractivity contribution in [2.24, 2.45) is 11.8 Å². The van der Waals surface area contributed by atoms with E-state index in [0.29, 0.717) is 17.5 Å². The van der Waals surface area contributed by atoms with E-state index in [2.05, 4.69) is 19.2 Å². The number of para-hydroxylation sites is 1. The second-order valence-corrected chi connectivity index (χ2v) is 5.72. The molecular formula is C15H19N3O2. The lowest BCUT2D eigenvalue weighted by atomic mass is 9.80. The summed E-state index contributed by atoms with van der Waals surface area (Å²) in [6, 6.07) is 6.98. The van der Waals surface area contributed by atoms with E-state index < -0.39 is 4.92 Å². The van der Waals surface area contributed by atoms with Crippen molar-refractivity contribution >= 4 is 11.4 Å². The van der Waals surface area contributed by atoms with Crippen LogP contribution in [-0.4, -0.2) is 11.0 Å². The molecule has 0 aliphatic heterocycles. The number of nitriles is 1. The van der Waals surface area contributed by atoms with Gasteiger partial charge in [-0.15, -0.1) is 0 Å². The maximum absolute atomic E-state index is 11.2. The zero-order chi connectivity index (χ0) is 14.7. The van der Waals surface area contributed by atoms with Crippen LogP contribution < -0.4 is 5.32 Å². The zero-order valence-corrected chi connectivity index (χ0v) is 11.8. The van der Waals surface area contributed by atoms with Gasteiger partial charge in [-0.25, -0.2) is 0 Å². The van der Waals surface area contributed by atoms with E-state index >= 15 is 0 Å². The SMILES string of the molecule is CC1CCC(Nc2cccc(C#N)c2[N+](=O)[O-])C(C)C1. The summed E-state index contributed by atoms with van der Waals surface area (Å²) in [5.74, 6) is 1.19. The van der Waals surface area contributed by atoms with E-state index in [9.17, 15) is 10.1 Å². The van der Waals surface area contributed by atoms with Gasteiger partial charge in [0.25, 0.3) is 0 Å². The first-order chi connectivity index (χ1) is 9.52. The predicted octanol–water partition coefficient (Wildman–Crippen LogP) is 3.70. The lowest BCUT2D eigenvalue weighted by Gasteiger charge is -2.33. The van der Waals surface area contributed by atoms with Crippen molar-refractivity contribution in [1.82, 2.24) is 0 Å². The van der Waals surface area contributed by atoms with Crippen LogP contribution in [0.1, 0.15) is 38.7 Å². The Bertz CT molecular complexity index is 551. The van der Waals surface area contributed by atoms with Gasteiger partial charge < -0.3 is 5.32 Å². The van der Waals surface area contributed by atoms with Gasteiger partial charge in [-0.3, -0.25) is 10.1 Å². The summed E-state index contributed by atoms with van der Waals surface area (Å²) in [6.45, 7) is 4.42. The van der Waals surface area contributed by atoms with Gasteiger partial charge in [0.05, 0.1) is 4.92 Å². The highest BCUT2D eigenvalue weighted by Crippen LogP contribution is 2.34. The molecule has 5 heteroatoms. The van der Waals surface area contributed by atoms with E-state index in [1.54, 1.807) is 12.1 Å². The topological polar surface area (TPSA) is 79.0 Å². The van der Waals surface area contributed by atoms with E-state index in [1.807, 2.05) is 6.07 Å². The second-order valence-electron chi connectivity index (χ2n) is 5.72. The number of nitro benzene ring substituents is 1. The maximum atomic E-state index is 11.2. The lowest BCUT2D eigenvalue weighted by molar-refractivity contribution is -0.384. The molecule has 3 atom stereocenters. The minimum atomic E-state index is -0.475. The fraction of sp³-hybridized carbons (Fsp3) is 0.533. The smallest absolute Gasteiger partial charge is 0.309 e. The van der Waals surface area contributed by atoms with E-state index in [1.165, 1.54) is 6.07 Å². The minimum Gasteiger partial charge on any atom is -0.376 e. The third kappa shape index (κ3) is 2.90.